The number of hydrogen-bond donors (Lipinski definition) is 1. The average molecular weight is 369 g/mol. The van der Waals surface area contributed by atoms with Crippen molar-refractivity contribution in [2.45, 2.75) is 31.2 Å². The standard InChI is InChI=1S/C16H23N3O5S/c1-11(2)17-25(22,23)14-3-4-15(16(6-14)19(20)21)18-7-12-5-13(8-18)10-24-9-12/h3-4,6,11-13,17H,5,7-10H2,1-2H3/t12-,13-/m0/s1. The van der Waals surface area contributed by atoms with Crippen LogP contribution in [0.2, 0.25) is 0 Å². The molecule has 2 aliphatic heterocycles. The minimum atomic E-state index is -3.77. The molecule has 1 aromatic carbocycles. The van der Waals surface area contributed by atoms with Crippen LogP contribution in [-0.4, -0.2) is 45.7 Å². The van der Waals surface area contributed by atoms with Gasteiger partial charge in [0.25, 0.3) is 5.69 Å². The Hall–Kier alpha value is -1.71. The summed E-state index contributed by atoms with van der Waals surface area (Å²) in [4.78, 5) is 12.9. The van der Waals surface area contributed by atoms with Gasteiger partial charge in [0.15, 0.2) is 0 Å². The highest BCUT2D eigenvalue weighted by Crippen LogP contribution is 2.36. The van der Waals surface area contributed by atoms with Crippen LogP contribution in [0.3, 0.4) is 0 Å². The Morgan fingerprint density at radius 2 is 1.92 bits per heavy atom. The van der Waals surface area contributed by atoms with Crippen LogP contribution in [0.25, 0.3) is 0 Å². The lowest BCUT2D eigenvalue weighted by molar-refractivity contribution is -0.384. The summed E-state index contributed by atoms with van der Waals surface area (Å²) < 4.78 is 32.6. The van der Waals surface area contributed by atoms with E-state index in [1.54, 1.807) is 19.9 Å². The number of ether oxygens (including phenoxy) is 1. The summed E-state index contributed by atoms with van der Waals surface area (Å²) in [6, 6.07) is 3.86. The van der Waals surface area contributed by atoms with Crippen molar-refractivity contribution >= 4 is 21.4 Å². The lowest BCUT2D eigenvalue weighted by Gasteiger charge is -2.42. The number of benzene rings is 1. The summed E-state index contributed by atoms with van der Waals surface area (Å²) in [5, 5.41) is 11.6. The molecule has 2 heterocycles. The van der Waals surface area contributed by atoms with Crippen molar-refractivity contribution in [3.05, 3.63) is 28.3 Å². The topological polar surface area (TPSA) is 102 Å². The molecule has 0 spiro atoms. The highest BCUT2D eigenvalue weighted by molar-refractivity contribution is 7.89. The van der Waals surface area contributed by atoms with E-state index in [-0.39, 0.29) is 16.6 Å². The number of nitrogens with zero attached hydrogens (tertiary/aromatic N) is 2. The number of piperidine rings is 1. The Morgan fingerprint density at radius 1 is 1.28 bits per heavy atom. The van der Waals surface area contributed by atoms with Crippen molar-refractivity contribution in [3.8, 4) is 0 Å². The maximum atomic E-state index is 12.3. The van der Waals surface area contributed by atoms with Gasteiger partial charge in [-0.3, -0.25) is 10.1 Å². The van der Waals surface area contributed by atoms with Crippen LogP contribution >= 0.6 is 0 Å². The molecule has 0 saturated carbocycles. The molecule has 3 rings (SSSR count). The number of nitro benzene ring substituents is 1. The van der Waals surface area contributed by atoms with E-state index in [0.29, 0.717) is 43.8 Å². The van der Waals surface area contributed by atoms with Crippen LogP contribution in [0.1, 0.15) is 20.3 Å². The van der Waals surface area contributed by atoms with Gasteiger partial charge >= 0.3 is 0 Å². The number of hydrogen-bond acceptors (Lipinski definition) is 6. The summed E-state index contributed by atoms with van der Waals surface area (Å²) in [7, 11) is -3.77. The van der Waals surface area contributed by atoms with E-state index in [1.807, 2.05) is 4.90 Å². The largest absolute Gasteiger partial charge is 0.381 e. The summed E-state index contributed by atoms with van der Waals surface area (Å²) in [6.45, 7) is 6.13. The van der Waals surface area contributed by atoms with E-state index < -0.39 is 14.9 Å². The fraction of sp³-hybridized carbons (Fsp3) is 0.625. The lowest BCUT2D eigenvalue weighted by atomic mass is 9.88. The van der Waals surface area contributed by atoms with Gasteiger partial charge in [-0.1, -0.05) is 0 Å². The van der Waals surface area contributed by atoms with E-state index in [9.17, 15) is 18.5 Å². The molecule has 2 atom stereocenters. The first-order chi connectivity index (χ1) is 11.8. The predicted molar refractivity (Wildman–Crippen MR) is 93.2 cm³/mol. The van der Waals surface area contributed by atoms with Crippen molar-refractivity contribution in [2.24, 2.45) is 11.8 Å². The second-order valence-corrected chi connectivity index (χ2v) is 8.81. The van der Waals surface area contributed by atoms with E-state index in [2.05, 4.69) is 4.72 Å². The highest BCUT2D eigenvalue weighted by Gasteiger charge is 2.34. The van der Waals surface area contributed by atoms with Crippen LogP contribution in [0.5, 0.6) is 0 Å². The minimum Gasteiger partial charge on any atom is -0.381 e. The van der Waals surface area contributed by atoms with Crippen molar-refractivity contribution in [2.75, 3.05) is 31.2 Å². The van der Waals surface area contributed by atoms with Crippen LogP contribution in [0.4, 0.5) is 11.4 Å². The third-order valence-electron chi connectivity index (χ3n) is 4.52. The van der Waals surface area contributed by atoms with Crippen LogP contribution in [-0.2, 0) is 14.8 Å². The second-order valence-electron chi connectivity index (χ2n) is 7.09. The Balaban J connectivity index is 1.94. The number of sulfonamides is 1. The zero-order chi connectivity index (χ0) is 18.2. The van der Waals surface area contributed by atoms with Crippen LogP contribution in [0, 0.1) is 22.0 Å². The van der Waals surface area contributed by atoms with Gasteiger partial charge in [0, 0.05) is 37.0 Å². The van der Waals surface area contributed by atoms with Crippen LogP contribution in [0.15, 0.2) is 23.1 Å². The van der Waals surface area contributed by atoms with Crippen molar-refractivity contribution < 1.29 is 18.1 Å². The molecule has 0 aromatic heterocycles. The van der Waals surface area contributed by atoms with Gasteiger partial charge in [-0.05, 0) is 32.4 Å². The Morgan fingerprint density at radius 3 is 2.48 bits per heavy atom. The smallest absolute Gasteiger partial charge is 0.293 e. The molecule has 0 amide bonds. The van der Waals surface area contributed by atoms with Gasteiger partial charge < -0.3 is 9.64 Å². The monoisotopic (exact) mass is 369 g/mol. The fourth-order valence-electron chi connectivity index (χ4n) is 3.62. The Labute approximate surface area is 147 Å². The number of nitro groups is 1. The van der Waals surface area contributed by atoms with E-state index in [1.165, 1.54) is 6.07 Å². The molecular formula is C16H23N3O5S. The van der Waals surface area contributed by atoms with Gasteiger partial charge in [0.1, 0.15) is 5.69 Å². The maximum absolute atomic E-state index is 12.3. The first kappa shape index (κ1) is 18.1. The third kappa shape index (κ3) is 3.94. The van der Waals surface area contributed by atoms with Gasteiger partial charge in [-0.15, -0.1) is 0 Å². The molecule has 25 heavy (non-hydrogen) atoms. The molecule has 8 nitrogen and oxygen atoms in total. The molecule has 138 valence electrons. The number of fused-ring (bicyclic) bond motifs is 2. The second kappa shape index (κ2) is 6.89. The first-order valence-corrected chi connectivity index (χ1v) is 9.88. The molecule has 2 aliphatic rings. The average Bonchev–Trinajstić information content (AvgIpc) is 2.52. The van der Waals surface area contributed by atoms with Gasteiger partial charge in [-0.2, -0.15) is 0 Å². The maximum Gasteiger partial charge on any atom is 0.293 e. The zero-order valence-electron chi connectivity index (χ0n) is 14.3. The van der Waals surface area contributed by atoms with E-state index in [4.69, 9.17) is 4.74 Å². The molecule has 1 aromatic rings. The summed E-state index contributed by atoms with van der Waals surface area (Å²) in [5.74, 6) is 0.719. The minimum absolute atomic E-state index is 0.0859. The van der Waals surface area contributed by atoms with Gasteiger partial charge in [0.2, 0.25) is 10.0 Å². The number of nitrogens with one attached hydrogen (secondary N) is 1. The fourth-order valence-corrected chi connectivity index (χ4v) is 4.89. The summed E-state index contributed by atoms with van der Waals surface area (Å²) in [5.41, 5.74) is 0.303. The third-order valence-corrected chi connectivity index (χ3v) is 6.17. The number of rotatable bonds is 5. The number of anilines is 1. The Kier molecular flexibility index (Phi) is 4.99. The quantitative estimate of drug-likeness (QED) is 0.627. The summed E-state index contributed by atoms with van der Waals surface area (Å²) >= 11 is 0. The molecule has 2 fully saturated rings. The SMILES string of the molecule is CC(C)NS(=O)(=O)c1ccc(N2C[C@H]3COC[C@@H](C3)C2)c([N+](=O)[O-])c1. The molecule has 1 N–H and O–H groups in total. The predicted octanol–water partition coefficient (Wildman–Crippen LogP) is 1.75. The normalized spacial score (nSPS) is 23.7. The van der Waals surface area contributed by atoms with E-state index in [0.717, 1.165) is 12.5 Å². The van der Waals surface area contributed by atoms with E-state index >= 15 is 0 Å². The van der Waals surface area contributed by atoms with Gasteiger partial charge in [-0.25, -0.2) is 13.1 Å². The molecule has 9 heteroatoms. The highest BCUT2D eigenvalue weighted by atomic mass is 32.2. The zero-order valence-corrected chi connectivity index (χ0v) is 15.2. The summed E-state index contributed by atoms with van der Waals surface area (Å²) in [6.07, 6.45) is 1.08. The molecule has 0 radical (unpaired) electrons. The molecule has 2 saturated heterocycles. The molecular weight excluding hydrogens is 346 g/mol. The Bertz CT molecular complexity index is 753. The van der Waals surface area contributed by atoms with Gasteiger partial charge in [0.05, 0.1) is 23.0 Å². The molecule has 0 aliphatic carbocycles. The van der Waals surface area contributed by atoms with Crippen molar-refractivity contribution in [1.82, 2.24) is 4.72 Å². The molecule has 2 bridgehead atoms. The van der Waals surface area contributed by atoms with Crippen LogP contribution < -0.4 is 9.62 Å². The van der Waals surface area contributed by atoms with Crippen molar-refractivity contribution in [3.63, 3.8) is 0 Å². The molecule has 0 unspecified atom stereocenters. The van der Waals surface area contributed by atoms with Crippen molar-refractivity contribution in [1.29, 1.82) is 0 Å². The first-order valence-electron chi connectivity index (χ1n) is 8.39. The lowest BCUT2D eigenvalue weighted by Crippen LogP contribution is -2.47.